The number of nitrogens with zero attached hydrogens (tertiary/aromatic N) is 2. The molecule has 0 bridgehead atoms. The van der Waals surface area contributed by atoms with Crippen LogP contribution in [0.3, 0.4) is 0 Å². The summed E-state index contributed by atoms with van der Waals surface area (Å²) in [5.74, 6) is 0.347. The summed E-state index contributed by atoms with van der Waals surface area (Å²) >= 11 is 0. The number of carbonyl (C=O) groups is 1. The number of aryl methyl sites for hydroxylation is 3. The number of benzene rings is 2. The third-order valence-corrected chi connectivity index (χ3v) is 4.47. The molecule has 5 nitrogen and oxygen atoms in total. The molecular weight excluding hydrogens is 355 g/mol. The number of hydrogen-bond acceptors (Lipinski definition) is 4. The molecule has 0 saturated carbocycles. The van der Waals surface area contributed by atoms with E-state index in [9.17, 15) is 9.18 Å². The van der Waals surface area contributed by atoms with Gasteiger partial charge in [0, 0.05) is 23.9 Å². The highest BCUT2D eigenvalue weighted by Gasteiger charge is 2.14. The van der Waals surface area contributed by atoms with Crippen molar-refractivity contribution in [2.75, 3.05) is 10.6 Å². The van der Waals surface area contributed by atoms with Gasteiger partial charge in [-0.1, -0.05) is 43.3 Å². The maximum absolute atomic E-state index is 13.8. The number of rotatable bonds is 6. The zero-order chi connectivity index (χ0) is 20.1. The first kappa shape index (κ1) is 19.5. The number of carbonyl (C=O) groups excluding carboxylic acids is 1. The van der Waals surface area contributed by atoms with Gasteiger partial charge in [-0.2, -0.15) is 0 Å². The summed E-state index contributed by atoms with van der Waals surface area (Å²) in [4.78, 5) is 21.3. The molecule has 0 aliphatic heterocycles. The minimum Gasteiger partial charge on any atom is -0.366 e. The molecule has 2 aromatic carbocycles. The highest BCUT2D eigenvalue weighted by molar-refractivity contribution is 6.04. The second-order valence-electron chi connectivity index (χ2n) is 6.55. The van der Waals surface area contributed by atoms with Gasteiger partial charge in [-0.25, -0.2) is 14.4 Å². The van der Waals surface area contributed by atoms with Gasteiger partial charge in [0.2, 0.25) is 0 Å². The van der Waals surface area contributed by atoms with Gasteiger partial charge in [0.25, 0.3) is 5.91 Å². The Hall–Kier alpha value is -3.28. The van der Waals surface area contributed by atoms with Crippen LogP contribution in [0.4, 0.5) is 15.9 Å². The maximum Gasteiger partial charge on any atom is 0.274 e. The van der Waals surface area contributed by atoms with Crippen LogP contribution >= 0.6 is 0 Å². The molecule has 3 rings (SSSR count). The summed E-state index contributed by atoms with van der Waals surface area (Å²) in [5, 5.41) is 6.03. The fourth-order valence-corrected chi connectivity index (χ4v) is 2.98. The van der Waals surface area contributed by atoms with Crippen molar-refractivity contribution in [3.8, 4) is 0 Å². The Kier molecular flexibility index (Phi) is 5.99. The normalized spacial score (nSPS) is 10.6. The standard InChI is InChI=1S/C22H23FN4O/c1-4-16-10-7-8-14(2)21(16)27-22(28)19-12-20(26-15(3)25-19)24-13-17-9-5-6-11-18(17)23/h5-12H,4,13H2,1-3H3,(H,27,28)(H,24,25,26). The fourth-order valence-electron chi connectivity index (χ4n) is 2.98. The van der Waals surface area contributed by atoms with Gasteiger partial charge in [0.05, 0.1) is 0 Å². The van der Waals surface area contributed by atoms with Crippen molar-refractivity contribution in [3.63, 3.8) is 0 Å². The second-order valence-corrected chi connectivity index (χ2v) is 6.55. The third kappa shape index (κ3) is 4.52. The lowest BCUT2D eigenvalue weighted by molar-refractivity contribution is 0.102. The second kappa shape index (κ2) is 8.61. The number of aromatic nitrogens is 2. The molecule has 144 valence electrons. The lowest BCUT2D eigenvalue weighted by Crippen LogP contribution is -2.17. The number of anilines is 2. The molecule has 0 spiro atoms. The van der Waals surface area contributed by atoms with Gasteiger partial charge >= 0.3 is 0 Å². The molecule has 0 radical (unpaired) electrons. The number of halogens is 1. The molecule has 28 heavy (non-hydrogen) atoms. The van der Waals surface area contributed by atoms with Crippen molar-refractivity contribution in [2.45, 2.75) is 33.7 Å². The molecule has 0 aliphatic rings. The molecular formula is C22H23FN4O. The maximum atomic E-state index is 13.8. The average Bonchev–Trinajstić information content (AvgIpc) is 2.68. The summed E-state index contributed by atoms with van der Waals surface area (Å²) in [6.07, 6.45) is 0.815. The number of hydrogen-bond donors (Lipinski definition) is 2. The van der Waals surface area contributed by atoms with Crippen LogP contribution in [0.2, 0.25) is 0 Å². The van der Waals surface area contributed by atoms with E-state index in [0.29, 0.717) is 17.2 Å². The van der Waals surface area contributed by atoms with Crippen molar-refractivity contribution in [3.05, 3.63) is 82.6 Å². The predicted octanol–water partition coefficient (Wildman–Crippen LogP) is 4.66. The average molecular weight is 378 g/mol. The van der Waals surface area contributed by atoms with Crippen LogP contribution in [0.15, 0.2) is 48.5 Å². The van der Waals surface area contributed by atoms with E-state index >= 15 is 0 Å². The summed E-state index contributed by atoms with van der Waals surface area (Å²) in [7, 11) is 0. The van der Waals surface area contributed by atoms with E-state index in [1.165, 1.54) is 6.07 Å². The monoisotopic (exact) mass is 378 g/mol. The fraction of sp³-hybridized carbons (Fsp3) is 0.227. The summed E-state index contributed by atoms with van der Waals surface area (Å²) < 4.78 is 13.8. The Morgan fingerprint density at radius 1 is 1.04 bits per heavy atom. The quantitative estimate of drug-likeness (QED) is 0.655. The Balaban J connectivity index is 1.79. The lowest BCUT2D eigenvalue weighted by atomic mass is 10.1. The first-order valence-corrected chi connectivity index (χ1v) is 9.20. The Morgan fingerprint density at radius 3 is 2.54 bits per heavy atom. The zero-order valence-corrected chi connectivity index (χ0v) is 16.2. The van der Waals surface area contributed by atoms with Crippen LogP contribution in [0, 0.1) is 19.7 Å². The van der Waals surface area contributed by atoms with Crippen LogP contribution in [-0.2, 0) is 13.0 Å². The van der Waals surface area contributed by atoms with Crippen molar-refractivity contribution in [2.24, 2.45) is 0 Å². The van der Waals surface area contributed by atoms with Gasteiger partial charge in [0.1, 0.15) is 23.2 Å². The smallest absolute Gasteiger partial charge is 0.274 e. The Morgan fingerprint density at radius 2 is 1.79 bits per heavy atom. The number of amides is 1. The van der Waals surface area contributed by atoms with E-state index in [2.05, 4.69) is 20.6 Å². The van der Waals surface area contributed by atoms with Gasteiger partial charge in [0.15, 0.2) is 0 Å². The number of nitrogens with one attached hydrogen (secondary N) is 2. The first-order chi connectivity index (χ1) is 13.5. The molecule has 0 aliphatic carbocycles. The van der Waals surface area contributed by atoms with Crippen molar-refractivity contribution in [1.29, 1.82) is 0 Å². The van der Waals surface area contributed by atoms with E-state index in [1.807, 2.05) is 32.0 Å². The van der Waals surface area contributed by atoms with E-state index in [1.54, 1.807) is 31.2 Å². The highest BCUT2D eigenvalue weighted by atomic mass is 19.1. The molecule has 1 heterocycles. The Bertz CT molecular complexity index is 1000. The predicted molar refractivity (Wildman–Crippen MR) is 109 cm³/mol. The summed E-state index contributed by atoms with van der Waals surface area (Å²) in [5.41, 5.74) is 3.66. The lowest BCUT2D eigenvalue weighted by Gasteiger charge is -2.13. The third-order valence-electron chi connectivity index (χ3n) is 4.47. The van der Waals surface area contributed by atoms with Crippen LogP contribution < -0.4 is 10.6 Å². The molecule has 0 saturated heterocycles. The SMILES string of the molecule is CCc1cccc(C)c1NC(=O)c1cc(NCc2ccccc2F)nc(C)n1. The number of para-hydroxylation sites is 1. The minimum atomic E-state index is -0.302. The molecule has 1 amide bonds. The van der Waals surface area contributed by atoms with Crippen LogP contribution in [0.1, 0.15) is 39.9 Å². The summed E-state index contributed by atoms with van der Waals surface area (Å²) in [6.45, 7) is 5.99. The van der Waals surface area contributed by atoms with E-state index in [-0.39, 0.29) is 24.0 Å². The topological polar surface area (TPSA) is 66.9 Å². The van der Waals surface area contributed by atoms with Crippen molar-refractivity contribution in [1.82, 2.24) is 9.97 Å². The zero-order valence-electron chi connectivity index (χ0n) is 16.2. The largest absolute Gasteiger partial charge is 0.366 e. The molecule has 0 fully saturated rings. The molecule has 6 heteroatoms. The van der Waals surface area contributed by atoms with Gasteiger partial charge in [-0.05, 0) is 37.5 Å². The van der Waals surface area contributed by atoms with Crippen molar-refractivity contribution >= 4 is 17.4 Å². The molecule has 0 atom stereocenters. The van der Waals surface area contributed by atoms with E-state index in [4.69, 9.17) is 0 Å². The van der Waals surface area contributed by atoms with E-state index in [0.717, 1.165) is 23.2 Å². The summed E-state index contributed by atoms with van der Waals surface area (Å²) in [6, 6.07) is 14.0. The first-order valence-electron chi connectivity index (χ1n) is 9.20. The molecule has 3 aromatic rings. The highest BCUT2D eigenvalue weighted by Crippen LogP contribution is 2.22. The molecule has 2 N–H and O–H groups in total. The van der Waals surface area contributed by atoms with Crippen LogP contribution in [-0.4, -0.2) is 15.9 Å². The van der Waals surface area contributed by atoms with Crippen molar-refractivity contribution < 1.29 is 9.18 Å². The van der Waals surface area contributed by atoms with Crippen LogP contribution in [0.25, 0.3) is 0 Å². The van der Waals surface area contributed by atoms with Crippen LogP contribution in [0.5, 0.6) is 0 Å². The van der Waals surface area contributed by atoms with E-state index < -0.39 is 0 Å². The Labute approximate surface area is 164 Å². The molecule has 1 aromatic heterocycles. The van der Waals surface area contributed by atoms with Gasteiger partial charge < -0.3 is 10.6 Å². The van der Waals surface area contributed by atoms with Gasteiger partial charge in [-0.3, -0.25) is 4.79 Å². The molecule has 0 unspecified atom stereocenters. The minimum absolute atomic E-state index is 0.258. The van der Waals surface area contributed by atoms with Gasteiger partial charge in [-0.15, -0.1) is 0 Å².